The standard InChI is InChI=1S/C23H25N7O3/c1-13-10-24-11-14-4-7-19(28-21(13)14)27-20-9-17-18(12-25-20)29(2)23(32)30(17)16-6-5-15(8-16)26-22(31)33-3/h4,7,9-12,15-16H,5-6,8H2,1-3H3,(H,26,31)(H,25,27,28)/t15-,16-/m1/s1/i2D3. The molecule has 0 saturated heterocycles. The highest BCUT2D eigenvalue weighted by molar-refractivity contribution is 5.83. The summed E-state index contributed by atoms with van der Waals surface area (Å²) in [4.78, 5) is 38.2. The highest BCUT2D eigenvalue weighted by Crippen LogP contribution is 2.32. The summed E-state index contributed by atoms with van der Waals surface area (Å²) >= 11 is 0. The first-order valence-corrected chi connectivity index (χ1v) is 10.6. The molecule has 0 aromatic carbocycles. The number of hydrogen-bond acceptors (Lipinski definition) is 7. The molecule has 33 heavy (non-hydrogen) atoms. The van der Waals surface area contributed by atoms with E-state index in [1.807, 2.05) is 13.0 Å². The molecule has 5 rings (SSSR count). The number of carbonyl (C=O) groups is 1. The van der Waals surface area contributed by atoms with Crippen molar-refractivity contribution in [1.82, 2.24) is 29.4 Å². The van der Waals surface area contributed by atoms with Gasteiger partial charge in [0.05, 0.1) is 29.9 Å². The summed E-state index contributed by atoms with van der Waals surface area (Å²) in [6.07, 6.45) is 6.03. The van der Waals surface area contributed by atoms with Gasteiger partial charge in [0.1, 0.15) is 11.6 Å². The molecule has 2 N–H and O–H groups in total. The van der Waals surface area contributed by atoms with E-state index in [2.05, 4.69) is 30.3 Å². The van der Waals surface area contributed by atoms with Crippen molar-refractivity contribution in [2.75, 3.05) is 12.4 Å². The summed E-state index contributed by atoms with van der Waals surface area (Å²) < 4.78 is 30.7. The Labute approximate surface area is 193 Å². The van der Waals surface area contributed by atoms with Crippen LogP contribution < -0.4 is 16.3 Å². The minimum absolute atomic E-state index is 0.181. The summed E-state index contributed by atoms with van der Waals surface area (Å²) in [6.45, 7) is -0.748. The van der Waals surface area contributed by atoms with Gasteiger partial charge >= 0.3 is 11.8 Å². The number of aryl methyl sites for hydroxylation is 2. The monoisotopic (exact) mass is 450 g/mol. The number of nitrogens with zero attached hydrogens (tertiary/aromatic N) is 5. The van der Waals surface area contributed by atoms with Gasteiger partial charge in [-0.2, -0.15) is 0 Å². The van der Waals surface area contributed by atoms with Crippen LogP contribution in [0.5, 0.6) is 0 Å². The third-order valence-corrected chi connectivity index (χ3v) is 6.07. The average Bonchev–Trinajstić information content (AvgIpc) is 3.39. The topological polar surface area (TPSA) is 116 Å². The van der Waals surface area contributed by atoms with E-state index in [1.54, 1.807) is 24.5 Å². The third-order valence-electron chi connectivity index (χ3n) is 6.07. The minimum Gasteiger partial charge on any atom is -0.453 e. The molecular weight excluding hydrogens is 422 g/mol. The molecule has 4 aromatic rings. The number of methoxy groups -OCH3 is 1. The molecule has 1 amide bonds. The third kappa shape index (κ3) is 3.77. The fraction of sp³-hybridized carbons (Fsp3) is 0.348. The molecule has 0 unspecified atom stereocenters. The lowest BCUT2D eigenvalue weighted by atomic mass is 10.2. The summed E-state index contributed by atoms with van der Waals surface area (Å²) in [5.41, 5.74) is 1.75. The van der Waals surface area contributed by atoms with Gasteiger partial charge in [-0.1, -0.05) is 0 Å². The second-order valence-electron chi connectivity index (χ2n) is 8.20. The number of imidazole rings is 1. The van der Waals surface area contributed by atoms with Crippen LogP contribution in [0.25, 0.3) is 21.9 Å². The van der Waals surface area contributed by atoms with E-state index in [0.717, 1.165) is 21.0 Å². The molecule has 10 heteroatoms. The first-order chi connectivity index (χ1) is 17.2. The first kappa shape index (κ1) is 17.6. The summed E-state index contributed by atoms with van der Waals surface area (Å²) in [5, 5.41) is 6.83. The molecule has 4 aromatic heterocycles. The Morgan fingerprint density at radius 3 is 2.91 bits per heavy atom. The second-order valence-corrected chi connectivity index (χ2v) is 8.20. The molecule has 1 aliphatic carbocycles. The van der Waals surface area contributed by atoms with E-state index in [-0.39, 0.29) is 17.6 Å². The number of hydrogen-bond donors (Lipinski definition) is 2. The Hall–Kier alpha value is -3.95. The highest BCUT2D eigenvalue weighted by atomic mass is 16.5. The van der Waals surface area contributed by atoms with Crippen molar-refractivity contribution >= 4 is 39.7 Å². The number of pyridine rings is 3. The molecule has 4 heterocycles. The van der Waals surface area contributed by atoms with Gasteiger partial charge < -0.3 is 15.4 Å². The molecule has 0 radical (unpaired) electrons. The Morgan fingerprint density at radius 1 is 1.21 bits per heavy atom. The SMILES string of the molecule is [2H]C([2H])([2H])n1c(=O)n([C@@H]2CC[C@@H](NC(=O)OC)C2)c2cc(Nc3ccc4cncc(C)c4n3)ncc21. The van der Waals surface area contributed by atoms with Crippen LogP contribution in [0.15, 0.2) is 41.6 Å². The van der Waals surface area contributed by atoms with Crippen LogP contribution in [-0.2, 0) is 11.7 Å². The molecular formula is C23H25N7O3. The van der Waals surface area contributed by atoms with Crippen molar-refractivity contribution in [2.24, 2.45) is 6.98 Å². The fourth-order valence-corrected chi connectivity index (χ4v) is 4.47. The number of amides is 1. The van der Waals surface area contributed by atoms with Crippen LogP contribution in [-0.4, -0.2) is 43.3 Å². The summed E-state index contributed by atoms with van der Waals surface area (Å²) in [6, 6.07) is 4.88. The van der Waals surface area contributed by atoms with Crippen molar-refractivity contribution in [3.63, 3.8) is 0 Å². The molecule has 2 atom stereocenters. The Kier molecular flexibility index (Phi) is 4.37. The molecule has 0 aliphatic heterocycles. The van der Waals surface area contributed by atoms with E-state index in [1.165, 1.54) is 17.9 Å². The second kappa shape index (κ2) is 8.19. The maximum absolute atomic E-state index is 13.3. The summed E-state index contributed by atoms with van der Waals surface area (Å²) in [5.74, 6) is 0.968. The smallest absolute Gasteiger partial charge is 0.407 e. The van der Waals surface area contributed by atoms with Crippen LogP contribution in [0.3, 0.4) is 0 Å². The Balaban J connectivity index is 1.55. The minimum atomic E-state index is -2.68. The Bertz CT molecular complexity index is 1530. The van der Waals surface area contributed by atoms with E-state index in [0.29, 0.717) is 36.4 Å². The largest absolute Gasteiger partial charge is 0.453 e. The van der Waals surface area contributed by atoms with Gasteiger partial charge in [-0.3, -0.25) is 14.1 Å². The normalized spacial score (nSPS) is 19.8. The number of rotatable bonds is 4. The molecule has 1 saturated carbocycles. The number of ether oxygens (including phenoxy) is 1. The number of aromatic nitrogens is 5. The number of nitrogens with one attached hydrogen (secondary N) is 2. The number of carbonyl (C=O) groups excluding carboxylic acids is 1. The van der Waals surface area contributed by atoms with Gasteiger partial charge in [0, 0.05) is 47.0 Å². The zero-order valence-corrected chi connectivity index (χ0v) is 18.2. The van der Waals surface area contributed by atoms with Gasteiger partial charge in [0.15, 0.2) is 0 Å². The van der Waals surface area contributed by atoms with Gasteiger partial charge in [0.2, 0.25) is 0 Å². The fourth-order valence-electron chi connectivity index (χ4n) is 4.47. The predicted molar refractivity (Wildman–Crippen MR) is 125 cm³/mol. The van der Waals surface area contributed by atoms with Crippen LogP contribution in [0.1, 0.15) is 35.0 Å². The van der Waals surface area contributed by atoms with E-state index < -0.39 is 18.8 Å². The van der Waals surface area contributed by atoms with Gasteiger partial charge in [0.25, 0.3) is 0 Å². The molecule has 10 nitrogen and oxygen atoms in total. The first-order valence-electron chi connectivity index (χ1n) is 12.1. The highest BCUT2D eigenvalue weighted by Gasteiger charge is 2.30. The van der Waals surface area contributed by atoms with Gasteiger partial charge in [-0.15, -0.1) is 0 Å². The zero-order chi connectivity index (χ0) is 25.6. The quantitative estimate of drug-likeness (QED) is 0.490. The van der Waals surface area contributed by atoms with Crippen LogP contribution in [0.2, 0.25) is 0 Å². The molecule has 1 aliphatic rings. The van der Waals surface area contributed by atoms with Crippen molar-refractivity contribution < 1.29 is 13.6 Å². The average molecular weight is 451 g/mol. The van der Waals surface area contributed by atoms with Crippen LogP contribution in [0, 0.1) is 6.92 Å². The predicted octanol–water partition coefficient (Wildman–Crippen LogP) is 3.18. The van der Waals surface area contributed by atoms with Crippen molar-refractivity contribution in [2.45, 2.75) is 38.3 Å². The lowest BCUT2D eigenvalue weighted by Gasteiger charge is -2.14. The van der Waals surface area contributed by atoms with E-state index in [9.17, 15) is 9.59 Å². The lowest BCUT2D eigenvalue weighted by Crippen LogP contribution is -2.33. The number of anilines is 2. The Morgan fingerprint density at radius 2 is 2.09 bits per heavy atom. The molecule has 170 valence electrons. The van der Waals surface area contributed by atoms with E-state index in [4.69, 9.17) is 4.11 Å². The van der Waals surface area contributed by atoms with Crippen molar-refractivity contribution in [3.05, 3.63) is 52.8 Å². The molecule has 0 spiro atoms. The maximum atomic E-state index is 13.3. The molecule has 0 bridgehead atoms. The van der Waals surface area contributed by atoms with Crippen molar-refractivity contribution in [3.8, 4) is 0 Å². The summed E-state index contributed by atoms with van der Waals surface area (Å²) in [7, 11) is 1.29. The maximum Gasteiger partial charge on any atom is 0.407 e. The number of fused-ring (bicyclic) bond motifs is 2. The van der Waals surface area contributed by atoms with Crippen LogP contribution >= 0.6 is 0 Å². The number of alkyl carbamates (subject to hydrolysis) is 1. The zero-order valence-electron chi connectivity index (χ0n) is 21.2. The lowest BCUT2D eigenvalue weighted by molar-refractivity contribution is 0.166. The van der Waals surface area contributed by atoms with Crippen molar-refractivity contribution in [1.29, 1.82) is 0 Å². The van der Waals surface area contributed by atoms with E-state index >= 15 is 0 Å². The molecule has 1 fully saturated rings. The van der Waals surface area contributed by atoms with Crippen LogP contribution in [0.4, 0.5) is 16.4 Å². The van der Waals surface area contributed by atoms with Gasteiger partial charge in [-0.25, -0.2) is 19.6 Å². The van der Waals surface area contributed by atoms with Gasteiger partial charge in [-0.05, 0) is 43.9 Å².